The Morgan fingerprint density at radius 3 is 1.97 bits per heavy atom. The molecule has 0 unspecified atom stereocenters. The molecule has 7 aromatic rings. The molecule has 162 valence electrons. The number of fused-ring (bicyclic) bond motifs is 6. The van der Waals surface area contributed by atoms with Crippen molar-refractivity contribution in [1.82, 2.24) is 4.57 Å². The van der Waals surface area contributed by atoms with Gasteiger partial charge >= 0.3 is 0 Å². The summed E-state index contributed by atoms with van der Waals surface area (Å²) in [6, 6.07) is 38.6. The molecule has 3 heteroatoms. The second-order valence-electron chi connectivity index (χ2n) is 8.66. The highest BCUT2D eigenvalue weighted by atomic mass is 16.3. The lowest BCUT2D eigenvalue weighted by Gasteiger charge is -2.16. The molecule has 0 atom stereocenters. The van der Waals surface area contributed by atoms with Gasteiger partial charge < -0.3 is 14.3 Å². The molecule has 5 aromatic carbocycles. The van der Waals surface area contributed by atoms with Gasteiger partial charge in [-0.15, -0.1) is 0 Å². The van der Waals surface area contributed by atoms with E-state index in [1.165, 1.54) is 32.9 Å². The highest BCUT2D eigenvalue weighted by Gasteiger charge is 2.17. The van der Waals surface area contributed by atoms with Gasteiger partial charge in [0.2, 0.25) is 0 Å². The second-order valence-corrected chi connectivity index (χ2v) is 8.66. The summed E-state index contributed by atoms with van der Waals surface area (Å²) in [4.78, 5) is 0. The number of furan rings is 1. The van der Waals surface area contributed by atoms with Crippen LogP contribution >= 0.6 is 0 Å². The lowest BCUT2D eigenvalue weighted by molar-refractivity contribution is 0.669. The largest absolute Gasteiger partial charge is 0.456 e. The van der Waals surface area contributed by atoms with E-state index >= 15 is 0 Å². The molecule has 0 radical (unpaired) electrons. The molecule has 0 fully saturated rings. The van der Waals surface area contributed by atoms with Crippen molar-refractivity contribution in [3.8, 4) is 16.8 Å². The van der Waals surface area contributed by atoms with E-state index in [9.17, 15) is 0 Å². The number of anilines is 1. The zero-order valence-corrected chi connectivity index (χ0v) is 18.7. The van der Waals surface area contributed by atoms with Crippen molar-refractivity contribution in [2.75, 3.05) is 12.4 Å². The van der Waals surface area contributed by atoms with Crippen molar-refractivity contribution < 1.29 is 4.42 Å². The van der Waals surface area contributed by atoms with Crippen LogP contribution in [0.4, 0.5) is 5.69 Å². The highest BCUT2D eigenvalue weighted by Crippen LogP contribution is 2.39. The third-order valence-corrected chi connectivity index (χ3v) is 6.80. The number of rotatable bonds is 3. The number of nitrogens with zero attached hydrogens (tertiary/aromatic N) is 1. The Labute approximate surface area is 196 Å². The first kappa shape index (κ1) is 19.0. The van der Waals surface area contributed by atoms with Crippen LogP contribution in [0.2, 0.25) is 0 Å². The smallest absolute Gasteiger partial charge is 0.135 e. The Hall–Kier alpha value is -4.50. The van der Waals surface area contributed by atoms with Crippen molar-refractivity contribution >= 4 is 49.4 Å². The molecule has 0 amide bonds. The summed E-state index contributed by atoms with van der Waals surface area (Å²) < 4.78 is 8.47. The molecule has 0 saturated heterocycles. The molecule has 0 saturated carbocycles. The van der Waals surface area contributed by atoms with Crippen LogP contribution in [0.5, 0.6) is 0 Å². The van der Waals surface area contributed by atoms with E-state index in [4.69, 9.17) is 4.42 Å². The minimum absolute atomic E-state index is 0.912. The summed E-state index contributed by atoms with van der Waals surface area (Å²) in [6.45, 7) is 0. The van der Waals surface area contributed by atoms with Gasteiger partial charge in [0.1, 0.15) is 11.2 Å². The van der Waals surface area contributed by atoms with E-state index in [1.54, 1.807) is 0 Å². The predicted octanol–water partition coefficient (Wildman–Crippen LogP) is 8.39. The topological polar surface area (TPSA) is 30.1 Å². The lowest BCUT2D eigenvalue weighted by Crippen LogP contribution is -1.99. The van der Waals surface area contributed by atoms with Crippen LogP contribution in [0, 0.1) is 0 Å². The van der Waals surface area contributed by atoms with Gasteiger partial charge in [0, 0.05) is 39.8 Å². The van der Waals surface area contributed by atoms with Crippen LogP contribution in [0.15, 0.2) is 114 Å². The fraction of sp³-hybridized carbons (Fsp3) is 0.0323. The maximum atomic E-state index is 6.08. The summed E-state index contributed by atoms with van der Waals surface area (Å²) >= 11 is 0. The molecule has 7 rings (SSSR count). The first-order valence-corrected chi connectivity index (χ1v) is 11.5. The van der Waals surface area contributed by atoms with Crippen LogP contribution in [-0.4, -0.2) is 11.6 Å². The Morgan fingerprint density at radius 1 is 0.588 bits per heavy atom. The van der Waals surface area contributed by atoms with Crippen molar-refractivity contribution in [3.63, 3.8) is 0 Å². The minimum atomic E-state index is 0.912. The number of hydrogen-bond donors (Lipinski definition) is 1. The van der Waals surface area contributed by atoms with Crippen LogP contribution in [0.3, 0.4) is 0 Å². The summed E-state index contributed by atoms with van der Waals surface area (Å²) in [7, 11) is 1.97. The molecular weight excluding hydrogens is 416 g/mol. The Balaban J connectivity index is 1.56. The molecule has 3 nitrogen and oxygen atoms in total. The fourth-order valence-electron chi connectivity index (χ4n) is 5.19. The van der Waals surface area contributed by atoms with Crippen molar-refractivity contribution in [1.29, 1.82) is 0 Å². The zero-order valence-electron chi connectivity index (χ0n) is 18.7. The normalized spacial score (nSPS) is 11.7. The predicted molar refractivity (Wildman–Crippen MR) is 143 cm³/mol. The number of aromatic nitrogens is 1. The van der Waals surface area contributed by atoms with Gasteiger partial charge in [0.25, 0.3) is 0 Å². The molecule has 0 aliphatic rings. The molecule has 0 aliphatic heterocycles. The Bertz CT molecular complexity index is 1800. The van der Waals surface area contributed by atoms with E-state index < -0.39 is 0 Å². The molecule has 2 heterocycles. The average Bonchev–Trinajstić information content (AvgIpc) is 3.44. The molecule has 0 bridgehead atoms. The molecule has 1 N–H and O–H groups in total. The summed E-state index contributed by atoms with van der Waals surface area (Å²) in [5.74, 6) is 0. The average molecular weight is 439 g/mol. The van der Waals surface area contributed by atoms with E-state index in [0.29, 0.717) is 0 Å². The molecule has 34 heavy (non-hydrogen) atoms. The number of benzene rings is 5. The monoisotopic (exact) mass is 438 g/mol. The van der Waals surface area contributed by atoms with Gasteiger partial charge in [-0.2, -0.15) is 0 Å². The van der Waals surface area contributed by atoms with Gasteiger partial charge in [0.15, 0.2) is 0 Å². The first-order valence-electron chi connectivity index (χ1n) is 11.5. The van der Waals surface area contributed by atoms with Crippen LogP contribution < -0.4 is 5.32 Å². The van der Waals surface area contributed by atoms with Gasteiger partial charge in [-0.05, 0) is 48.0 Å². The van der Waals surface area contributed by atoms with Crippen molar-refractivity contribution in [3.05, 3.63) is 109 Å². The van der Waals surface area contributed by atoms with Gasteiger partial charge in [-0.25, -0.2) is 0 Å². The Morgan fingerprint density at radius 2 is 1.24 bits per heavy atom. The van der Waals surface area contributed by atoms with Crippen LogP contribution in [0.1, 0.15) is 0 Å². The van der Waals surface area contributed by atoms with Gasteiger partial charge in [-0.3, -0.25) is 0 Å². The first-order chi connectivity index (χ1) is 16.8. The number of hydrogen-bond acceptors (Lipinski definition) is 2. The molecule has 0 spiro atoms. The maximum Gasteiger partial charge on any atom is 0.135 e. The third-order valence-electron chi connectivity index (χ3n) is 6.80. The van der Waals surface area contributed by atoms with E-state index in [1.807, 2.05) is 19.2 Å². The highest BCUT2D eigenvalue weighted by molar-refractivity contribution is 6.10. The molecular formula is C31H22N2O. The minimum Gasteiger partial charge on any atom is -0.456 e. The summed E-state index contributed by atoms with van der Waals surface area (Å²) in [5.41, 5.74) is 8.81. The zero-order chi connectivity index (χ0) is 22.6. The van der Waals surface area contributed by atoms with Crippen molar-refractivity contribution in [2.45, 2.75) is 0 Å². The maximum absolute atomic E-state index is 6.08. The number of nitrogens with one attached hydrogen (secondary N) is 1. The van der Waals surface area contributed by atoms with E-state index in [2.05, 4.69) is 107 Å². The summed E-state index contributed by atoms with van der Waals surface area (Å²) in [5, 5.41) is 8.13. The SMILES string of the molecule is CNc1ccc(-c2ccc3oc4ccccc4c3c2)c(-n2c3ccccc3c3ccccc32)c1. The fourth-order valence-corrected chi connectivity index (χ4v) is 5.19. The summed E-state index contributed by atoms with van der Waals surface area (Å²) in [6.07, 6.45) is 0. The van der Waals surface area contributed by atoms with Crippen LogP contribution in [-0.2, 0) is 0 Å². The third kappa shape index (κ3) is 2.70. The standard InChI is InChI=1S/C31H22N2O/c1-32-21-15-16-22(20-14-17-31-26(18-20)25-10-4-7-13-30(25)34-31)29(19-21)33-27-11-5-2-8-23(27)24-9-3-6-12-28(24)33/h2-19,32H,1H3. The van der Waals surface area contributed by atoms with Crippen molar-refractivity contribution in [2.24, 2.45) is 0 Å². The van der Waals surface area contributed by atoms with Crippen LogP contribution in [0.25, 0.3) is 60.6 Å². The lowest BCUT2D eigenvalue weighted by atomic mass is 10.00. The second kappa shape index (κ2) is 7.26. The van der Waals surface area contributed by atoms with Gasteiger partial charge in [-0.1, -0.05) is 66.7 Å². The van der Waals surface area contributed by atoms with Gasteiger partial charge in [0.05, 0.1) is 16.7 Å². The molecule has 0 aliphatic carbocycles. The molecule has 2 aromatic heterocycles. The quantitative estimate of drug-likeness (QED) is 0.300. The Kier molecular flexibility index (Phi) is 4.06. The number of para-hydroxylation sites is 3. The van der Waals surface area contributed by atoms with E-state index in [-0.39, 0.29) is 0 Å². The van der Waals surface area contributed by atoms with E-state index in [0.717, 1.165) is 33.3 Å².